The number of ether oxygens (including phenoxy) is 1. The van der Waals surface area contributed by atoms with Crippen molar-refractivity contribution < 1.29 is 9.13 Å². The third kappa shape index (κ3) is 3.07. The number of H-pyrrole nitrogens is 1. The van der Waals surface area contributed by atoms with Crippen LogP contribution in [0.2, 0.25) is 5.02 Å². The zero-order valence-electron chi connectivity index (χ0n) is 12.4. The van der Waals surface area contributed by atoms with Crippen LogP contribution in [0, 0.1) is 5.82 Å². The predicted molar refractivity (Wildman–Crippen MR) is 85.9 cm³/mol. The van der Waals surface area contributed by atoms with Crippen LogP contribution >= 0.6 is 11.6 Å². The molecule has 3 nitrogen and oxygen atoms in total. The van der Waals surface area contributed by atoms with E-state index in [0.717, 1.165) is 16.6 Å². The normalized spacial score (nSPS) is 11.3. The van der Waals surface area contributed by atoms with Gasteiger partial charge in [-0.3, -0.25) is 4.98 Å². The molecule has 0 saturated heterocycles. The quantitative estimate of drug-likeness (QED) is 0.730. The summed E-state index contributed by atoms with van der Waals surface area (Å²) in [6.45, 7) is 4.42. The minimum atomic E-state index is -0.332. The summed E-state index contributed by atoms with van der Waals surface area (Å²) >= 11 is 6.26. The molecule has 0 amide bonds. The molecule has 0 atom stereocenters. The van der Waals surface area contributed by atoms with Crippen molar-refractivity contribution in [3.05, 3.63) is 58.8 Å². The highest BCUT2D eigenvalue weighted by Gasteiger charge is 2.10. The Bertz CT molecular complexity index is 814. The van der Waals surface area contributed by atoms with Crippen molar-refractivity contribution in [1.29, 1.82) is 0 Å². The molecule has 0 saturated carbocycles. The van der Waals surface area contributed by atoms with Gasteiger partial charge in [0, 0.05) is 28.9 Å². The fourth-order valence-electron chi connectivity index (χ4n) is 2.26. The molecule has 114 valence electrons. The second-order valence-corrected chi connectivity index (χ2v) is 5.91. The molecule has 0 fully saturated rings. The highest BCUT2D eigenvalue weighted by Crippen LogP contribution is 2.32. The van der Waals surface area contributed by atoms with Gasteiger partial charge in [-0.1, -0.05) is 25.4 Å². The van der Waals surface area contributed by atoms with E-state index in [0.29, 0.717) is 22.4 Å². The van der Waals surface area contributed by atoms with Crippen LogP contribution in [0.5, 0.6) is 5.75 Å². The molecule has 0 spiro atoms. The van der Waals surface area contributed by atoms with Crippen LogP contribution in [0.3, 0.4) is 0 Å². The summed E-state index contributed by atoms with van der Waals surface area (Å²) in [5.74, 6) is 0.630. The Hall–Kier alpha value is -2.07. The van der Waals surface area contributed by atoms with E-state index in [1.165, 1.54) is 18.3 Å². The Kier molecular flexibility index (Phi) is 4.03. The van der Waals surface area contributed by atoms with Crippen LogP contribution in [0.1, 0.15) is 31.2 Å². The Balaban J connectivity index is 1.85. The van der Waals surface area contributed by atoms with Gasteiger partial charge >= 0.3 is 0 Å². The van der Waals surface area contributed by atoms with Crippen molar-refractivity contribution in [2.45, 2.75) is 26.4 Å². The molecular weight excluding hydrogens is 303 g/mol. The van der Waals surface area contributed by atoms with Gasteiger partial charge in [0.25, 0.3) is 0 Å². The van der Waals surface area contributed by atoms with Gasteiger partial charge in [-0.25, -0.2) is 4.39 Å². The summed E-state index contributed by atoms with van der Waals surface area (Å²) in [5.41, 5.74) is 2.64. The summed E-state index contributed by atoms with van der Waals surface area (Å²) < 4.78 is 18.8. The van der Waals surface area contributed by atoms with Crippen molar-refractivity contribution in [2.75, 3.05) is 0 Å². The second kappa shape index (κ2) is 5.97. The molecule has 22 heavy (non-hydrogen) atoms. The molecule has 3 rings (SSSR count). The van der Waals surface area contributed by atoms with E-state index in [-0.39, 0.29) is 12.4 Å². The molecule has 1 aromatic carbocycles. The summed E-state index contributed by atoms with van der Waals surface area (Å²) in [7, 11) is 0. The van der Waals surface area contributed by atoms with E-state index in [1.807, 2.05) is 12.1 Å². The average Bonchev–Trinajstić information content (AvgIpc) is 2.88. The molecule has 0 unspecified atom stereocenters. The van der Waals surface area contributed by atoms with Crippen molar-refractivity contribution in [1.82, 2.24) is 9.97 Å². The summed E-state index contributed by atoms with van der Waals surface area (Å²) in [6.07, 6.45) is 1.42. The van der Waals surface area contributed by atoms with Crippen LogP contribution in [-0.2, 0) is 6.61 Å². The number of hydrogen-bond donors (Lipinski definition) is 1. The Labute approximate surface area is 133 Å². The maximum absolute atomic E-state index is 13.1. The topological polar surface area (TPSA) is 37.9 Å². The molecule has 1 N–H and O–H groups in total. The predicted octanol–water partition coefficient (Wildman–Crippen LogP) is 5.06. The first-order valence-corrected chi connectivity index (χ1v) is 7.46. The van der Waals surface area contributed by atoms with E-state index >= 15 is 0 Å². The number of aromatic nitrogens is 2. The van der Waals surface area contributed by atoms with Gasteiger partial charge in [-0.2, -0.15) is 0 Å². The monoisotopic (exact) mass is 318 g/mol. The van der Waals surface area contributed by atoms with Crippen molar-refractivity contribution in [3.8, 4) is 5.75 Å². The van der Waals surface area contributed by atoms with Gasteiger partial charge < -0.3 is 9.72 Å². The van der Waals surface area contributed by atoms with Gasteiger partial charge in [0.05, 0.1) is 10.7 Å². The standard InChI is InChI=1S/C17H16ClFN2O/c1-10(2)15-6-11-5-14(18)17(8-16(11)21-15)22-9-13-7-12(19)3-4-20-13/h3-8,10,21H,9H2,1-2H3. The van der Waals surface area contributed by atoms with Crippen LogP contribution in [0.15, 0.2) is 36.5 Å². The smallest absolute Gasteiger partial charge is 0.140 e. The third-order valence-corrected chi connectivity index (χ3v) is 3.77. The first kappa shape index (κ1) is 14.9. The lowest BCUT2D eigenvalue weighted by atomic mass is 10.1. The molecule has 0 radical (unpaired) electrons. The summed E-state index contributed by atoms with van der Waals surface area (Å²) in [6, 6.07) is 8.47. The number of aromatic amines is 1. The molecule has 2 heterocycles. The molecule has 0 aliphatic heterocycles. The SMILES string of the molecule is CC(C)c1cc2cc(Cl)c(OCc3cc(F)ccn3)cc2[nH]1. The van der Waals surface area contributed by atoms with Crippen LogP contribution in [0.4, 0.5) is 4.39 Å². The van der Waals surface area contributed by atoms with Gasteiger partial charge in [-0.05, 0) is 30.2 Å². The molecule has 0 aliphatic carbocycles. The van der Waals surface area contributed by atoms with Gasteiger partial charge in [0.15, 0.2) is 0 Å². The van der Waals surface area contributed by atoms with Crippen molar-refractivity contribution in [3.63, 3.8) is 0 Å². The van der Waals surface area contributed by atoms with Crippen LogP contribution in [0.25, 0.3) is 10.9 Å². The molecule has 0 aliphatic rings. The first-order valence-electron chi connectivity index (χ1n) is 7.08. The number of nitrogens with one attached hydrogen (secondary N) is 1. The van der Waals surface area contributed by atoms with Gasteiger partial charge in [0.1, 0.15) is 18.2 Å². The Morgan fingerprint density at radius 2 is 2.09 bits per heavy atom. The zero-order chi connectivity index (χ0) is 15.7. The van der Waals surface area contributed by atoms with E-state index in [1.54, 1.807) is 0 Å². The molecule has 0 bridgehead atoms. The number of pyridine rings is 1. The van der Waals surface area contributed by atoms with E-state index < -0.39 is 0 Å². The number of nitrogens with zero attached hydrogens (tertiary/aromatic N) is 1. The zero-order valence-corrected chi connectivity index (χ0v) is 13.1. The summed E-state index contributed by atoms with van der Waals surface area (Å²) in [4.78, 5) is 7.41. The largest absolute Gasteiger partial charge is 0.486 e. The minimum Gasteiger partial charge on any atom is -0.486 e. The lowest BCUT2D eigenvalue weighted by Gasteiger charge is -2.08. The van der Waals surface area contributed by atoms with Crippen molar-refractivity contribution >= 4 is 22.5 Å². The number of benzene rings is 1. The van der Waals surface area contributed by atoms with E-state index in [4.69, 9.17) is 16.3 Å². The number of fused-ring (bicyclic) bond motifs is 1. The second-order valence-electron chi connectivity index (χ2n) is 5.50. The van der Waals surface area contributed by atoms with Gasteiger partial charge in [0.2, 0.25) is 0 Å². The van der Waals surface area contributed by atoms with E-state index in [9.17, 15) is 4.39 Å². The number of halogens is 2. The maximum Gasteiger partial charge on any atom is 0.140 e. The molecule has 5 heteroatoms. The Morgan fingerprint density at radius 3 is 2.82 bits per heavy atom. The number of rotatable bonds is 4. The fraction of sp³-hybridized carbons (Fsp3) is 0.235. The summed E-state index contributed by atoms with van der Waals surface area (Å²) in [5, 5.41) is 1.57. The lowest BCUT2D eigenvalue weighted by molar-refractivity contribution is 0.301. The fourth-order valence-corrected chi connectivity index (χ4v) is 2.48. The van der Waals surface area contributed by atoms with E-state index in [2.05, 4.69) is 29.9 Å². The van der Waals surface area contributed by atoms with Crippen LogP contribution in [-0.4, -0.2) is 9.97 Å². The molecular formula is C17H16ClFN2O. The molecule has 2 aromatic heterocycles. The highest BCUT2D eigenvalue weighted by atomic mass is 35.5. The average molecular weight is 319 g/mol. The third-order valence-electron chi connectivity index (χ3n) is 3.47. The highest BCUT2D eigenvalue weighted by molar-refractivity contribution is 6.32. The van der Waals surface area contributed by atoms with Crippen LogP contribution < -0.4 is 4.74 Å². The van der Waals surface area contributed by atoms with Crippen molar-refractivity contribution in [2.24, 2.45) is 0 Å². The first-order chi connectivity index (χ1) is 10.5. The number of hydrogen-bond acceptors (Lipinski definition) is 2. The lowest BCUT2D eigenvalue weighted by Crippen LogP contribution is -1.99. The molecule has 3 aromatic rings. The Morgan fingerprint density at radius 1 is 1.27 bits per heavy atom. The maximum atomic E-state index is 13.1. The minimum absolute atomic E-state index is 0.167. The van der Waals surface area contributed by atoms with Gasteiger partial charge in [-0.15, -0.1) is 0 Å².